The van der Waals surface area contributed by atoms with Crippen LogP contribution in [0.15, 0.2) is 46.2 Å². The Morgan fingerprint density at radius 2 is 1.53 bits per heavy atom. The lowest BCUT2D eigenvalue weighted by atomic mass is 10.1. The Labute approximate surface area is 111 Å². The van der Waals surface area contributed by atoms with Gasteiger partial charge in [-0.05, 0) is 37.1 Å². The molecule has 100 valence electrons. The molecule has 0 unspecified atom stereocenters. The average molecular weight is 278 g/mol. The molecule has 0 saturated carbocycles. The molecule has 4 nitrogen and oxygen atoms in total. The minimum Gasteiger partial charge on any atom is -0.504 e. The highest BCUT2D eigenvalue weighted by molar-refractivity contribution is 7.91. The van der Waals surface area contributed by atoms with E-state index in [0.29, 0.717) is 11.1 Å². The van der Waals surface area contributed by atoms with Gasteiger partial charge in [-0.2, -0.15) is 0 Å². The molecular formula is C14H14O4S. The summed E-state index contributed by atoms with van der Waals surface area (Å²) in [6, 6.07) is 9.07. The van der Waals surface area contributed by atoms with Crippen molar-refractivity contribution < 1.29 is 18.6 Å². The van der Waals surface area contributed by atoms with Crippen LogP contribution in [0.25, 0.3) is 0 Å². The number of sulfone groups is 1. The van der Waals surface area contributed by atoms with Gasteiger partial charge in [0.2, 0.25) is 9.84 Å². The van der Waals surface area contributed by atoms with Crippen molar-refractivity contribution in [3.05, 3.63) is 47.5 Å². The molecule has 0 aliphatic heterocycles. The van der Waals surface area contributed by atoms with Crippen LogP contribution < -0.4 is 0 Å². The van der Waals surface area contributed by atoms with Crippen molar-refractivity contribution >= 4 is 9.84 Å². The van der Waals surface area contributed by atoms with Gasteiger partial charge in [-0.25, -0.2) is 8.42 Å². The van der Waals surface area contributed by atoms with E-state index in [1.165, 1.54) is 12.1 Å². The number of hydrogen-bond donors (Lipinski definition) is 2. The van der Waals surface area contributed by atoms with Crippen LogP contribution in [-0.2, 0) is 9.84 Å². The predicted molar refractivity (Wildman–Crippen MR) is 71.1 cm³/mol. The van der Waals surface area contributed by atoms with Crippen molar-refractivity contribution in [1.82, 2.24) is 0 Å². The lowest BCUT2D eigenvalue weighted by Gasteiger charge is -2.12. The van der Waals surface area contributed by atoms with Gasteiger partial charge in [0.1, 0.15) is 0 Å². The quantitative estimate of drug-likeness (QED) is 0.828. The van der Waals surface area contributed by atoms with E-state index in [4.69, 9.17) is 0 Å². The number of phenols is 2. The van der Waals surface area contributed by atoms with Gasteiger partial charge in [-0.1, -0.05) is 18.2 Å². The van der Waals surface area contributed by atoms with Crippen LogP contribution in [0.2, 0.25) is 0 Å². The highest BCUT2D eigenvalue weighted by atomic mass is 32.2. The molecule has 0 saturated heterocycles. The number of benzene rings is 2. The zero-order valence-electron chi connectivity index (χ0n) is 10.6. The topological polar surface area (TPSA) is 74.6 Å². The van der Waals surface area contributed by atoms with E-state index in [0.717, 1.165) is 6.07 Å². The van der Waals surface area contributed by atoms with Crippen molar-refractivity contribution in [2.45, 2.75) is 23.6 Å². The Kier molecular flexibility index (Phi) is 3.24. The van der Waals surface area contributed by atoms with Gasteiger partial charge in [-0.3, -0.25) is 0 Å². The molecule has 0 radical (unpaired) electrons. The lowest BCUT2D eigenvalue weighted by molar-refractivity contribution is 0.399. The maximum Gasteiger partial charge on any atom is 0.207 e. The fourth-order valence-electron chi connectivity index (χ4n) is 1.86. The molecule has 0 aliphatic rings. The van der Waals surface area contributed by atoms with Crippen LogP contribution in [0.5, 0.6) is 11.5 Å². The third kappa shape index (κ3) is 2.17. The molecule has 0 aliphatic carbocycles. The molecule has 0 heterocycles. The smallest absolute Gasteiger partial charge is 0.207 e. The van der Waals surface area contributed by atoms with Gasteiger partial charge in [0.15, 0.2) is 11.5 Å². The molecule has 5 heteroatoms. The first kappa shape index (κ1) is 13.4. The molecule has 0 spiro atoms. The summed E-state index contributed by atoms with van der Waals surface area (Å²) in [5.41, 5.74) is 0.786. The van der Waals surface area contributed by atoms with Gasteiger partial charge in [-0.15, -0.1) is 0 Å². The van der Waals surface area contributed by atoms with Gasteiger partial charge < -0.3 is 10.2 Å². The summed E-state index contributed by atoms with van der Waals surface area (Å²) < 4.78 is 25.0. The molecule has 2 aromatic rings. The summed E-state index contributed by atoms with van der Waals surface area (Å²) in [5.74, 6) is -0.720. The number of aromatic hydroxyl groups is 2. The van der Waals surface area contributed by atoms with Gasteiger partial charge in [0.25, 0.3) is 0 Å². The summed E-state index contributed by atoms with van der Waals surface area (Å²) >= 11 is 0. The van der Waals surface area contributed by atoms with Crippen molar-refractivity contribution in [2.75, 3.05) is 0 Å². The van der Waals surface area contributed by atoms with Gasteiger partial charge in [0, 0.05) is 6.07 Å². The SMILES string of the molecule is Cc1c(S(=O)(=O)c2ccccc2)cc(O)c(O)c1C. The molecular weight excluding hydrogens is 264 g/mol. The Morgan fingerprint density at radius 3 is 2.11 bits per heavy atom. The third-order valence-electron chi connectivity index (χ3n) is 3.14. The summed E-state index contributed by atoms with van der Waals surface area (Å²) in [7, 11) is -3.70. The van der Waals surface area contributed by atoms with E-state index >= 15 is 0 Å². The van der Waals surface area contributed by atoms with Crippen molar-refractivity contribution in [2.24, 2.45) is 0 Å². The summed E-state index contributed by atoms with van der Waals surface area (Å²) in [6.07, 6.45) is 0. The Bertz CT molecular complexity index is 719. The fraction of sp³-hybridized carbons (Fsp3) is 0.143. The maximum atomic E-state index is 12.5. The van der Waals surface area contributed by atoms with E-state index in [9.17, 15) is 18.6 Å². The zero-order valence-corrected chi connectivity index (χ0v) is 11.4. The molecule has 0 fully saturated rings. The van der Waals surface area contributed by atoms with Gasteiger partial charge in [0.05, 0.1) is 9.79 Å². The predicted octanol–water partition coefficient (Wildman–Crippen LogP) is 2.55. The average Bonchev–Trinajstić information content (AvgIpc) is 2.41. The minimum absolute atomic E-state index is 0.00602. The molecule has 2 rings (SSSR count). The van der Waals surface area contributed by atoms with Crippen molar-refractivity contribution in [1.29, 1.82) is 0 Å². The molecule has 0 aromatic heterocycles. The molecule has 2 aromatic carbocycles. The Balaban J connectivity index is 2.73. The van der Waals surface area contributed by atoms with Crippen LogP contribution in [0.4, 0.5) is 0 Å². The van der Waals surface area contributed by atoms with E-state index in [1.54, 1.807) is 32.0 Å². The standard InChI is InChI=1S/C14H14O4S/c1-9-10(2)14(16)12(15)8-13(9)19(17,18)11-6-4-3-5-7-11/h3-8,15-16H,1-2H3. The van der Waals surface area contributed by atoms with Crippen LogP contribution in [-0.4, -0.2) is 18.6 Å². The molecule has 0 amide bonds. The monoisotopic (exact) mass is 278 g/mol. The summed E-state index contributed by atoms with van der Waals surface area (Å²) in [4.78, 5) is 0.161. The number of phenolic OH excluding ortho intramolecular Hbond substituents is 2. The van der Waals surface area contributed by atoms with Crippen LogP contribution in [0.1, 0.15) is 11.1 Å². The molecule has 0 atom stereocenters. The van der Waals surface area contributed by atoms with E-state index < -0.39 is 15.6 Å². The highest BCUT2D eigenvalue weighted by Gasteiger charge is 2.23. The minimum atomic E-state index is -3.70. The second-order valence-corrected chi connectivity index (χ2v) is 6.23. The van der Waals surface area contributed by atoms with Crippen molar-refractivity contribution in [3.63, 3.8) is 0 Å². The van der Waals surface area contributed by atoms with Crippen LogP contribution in [0.3, 0.4) is 0 Å². The first-order valence-corrected chi connectivity index (χ1v) is 7.16. The first-order valence-electron chi connectivity index (χ1n) is 5.68. The molecule has 2 N–H and O–H groups in total. The first-order chi connectivity index (χ1) is 8.85. The Morgan fingerprint density at radius 1 is 0.947 bits per heavy atom. The summed E-state index contributed by atoms with van der Waals surface area (Å²) in [5, 5.41) is 19.2. The largest absolute Gasteiger partial charge is 0.504 e. The molecule has 0 bridgehead atoms. The number of hydrogen-bond acceptors (Lipinski definition) is 4. The molecule has 19 heavy (non-hydrogen) atoms. The normalized spacial score (nSPS) is 11.5. The second kappa shape index (κ2) is 4.59. The highest BCUT2D eigenvalue weighted by Crippen LogP contribution is 2.36. The van der Waals surface area contributed by atoms with Crippen LogP contribution >= 0.6 is 0 Å². The van der Waals surface area contributed by atoms with Crippen LogP contribution in [0, 0.1) is 13.8 Å². The van der Waals surface area contributed by atoms with E-state index in [2.05, 4.69) is 0 Å². The maximum absolute atomic E-state index is 12.5. The van der Waals surface area contributed by atoms with E-state index in [-0.39, 0.29) is 15.5 Å². The summed E-state index contributed by atoms with van der Waals surface area (Å²) in [6.45, 7) is 3.17. The second-order valence-electron chi connectivity index (χ2n) is 4.31. The zero-order chi connectivity index (χ0) is 14.2. The Hall–Kier alpha value is -2.01. The van der Waals surface area contributed by atoms with Crippen molar-refractivity contribution in [3.8, 4) is 11.5 Å². The third-order valence-corrected chi connectivity index (χ3v) is 5.04. The van der Waals surface area contributed by atoms with E-state index in [1.807, 2.05) is 0 Å². The fourth-order valence-corrected chi connectivity index (χ4v) is 3.45. The number of rotatable bonds is 2. The lowest BCUT2D eigenvalue weighted by Crippen LogP contribution is -2.05. The van der Waals surface area contributed by atoms with Gasteiger partial charge >= 0.3 is 0 Å².